The number of hydrogen-bond acceptors (Lipinski definition) is 2. The lowest BCUT2D eigenvalue weighted by molar-refractivity contribution is 0.157. The zero-order valence-electron chi connectivity index (χ0n) is 8.09. The fourth-order valence-electron chi connectivity index (χ4n) is 1.22. The number of hydrogen-bond donors (Lipinski definition) is 2. The summed E-state index contributed by atoms with van der Waals surface area (Å²) in [6.45, 7) is 9.27. The van der Waals surface area contributed by atoms with Crippen LogP contribution in [0.2, 0.25) is 0 Å². The van der Waals surface area contributed by atoms with Crippen LogP contribution < -0.4 is 5.32 Å². The predicted molar refractivity (Wildman–Crippen MR) is 48.6 cm³/mol. The van der Waals surface area contributed by atoms with Crippen molar-refractivity contribution >= 4 is 0 Å². The van der Waals surface area contributed by atoms with E-state index in [1.54, 1.807) is 0 Å². The summed E-state index contributed by atoms with van der Waals surface area (Å²) in [5.41, 5.74) is 0. The second-order valence-electron chi connectivity index (χ2n) is 3.49. The average molecular weight is 159 g/mol. The normalized spacial score (nSPS) is 16.9. The van der Waals surface area contributed by atoms with Crippen LogP contribution in [0.5, 0.6) is 0 Å². The van der Waals surface area contributed by atoms with E-state index < -0.39 is 0 Å². The van der Waals surface area contributed by atoms with E-state index in [1.165, 1.54) is 0 Å². The van der Waals surface area contributed by atoms with Gasteiger partial charge >= 0.3 is 0 Å². The summed E-state index contributed by atoms with van der Waals surface area (Å²) in [4.78, 5) is 0. The highest BCUT2D eigenvalue weighted by atomic mass is 16.3. The maximum atomic E-state index is 9.16. The molecule has 0 amide bonds. The Hall–Kier alpha value is -0.0800. The molecule has 0 aromatic carbocycles. The molecule has 0 spiro atoms. The molecule has 0 radical (unpaired) electrons. The number of aliphatic hydroxyl groups is 1. The molecule has 0 rings (SSSR count). The van der Waals surface area contributed by atoms with Crippen molar-refractivity contribution < 1.29 is 5.11 Å². The highest BCUT2D eigenvalue weighted by molar-refractivity contribution is 4.71. The third kappa shape index (κ3) is 5.22. The Kier molecular flexibility index (Phi) is 5.51. The van der Waals surface area contributed by atoms with Crippen molar-refractivity contribution in [3.05, 3.63) is 0 Å². The van der Waals surface area contributed by atoms with E-state index in [9.17, 15) is 0 Å². The summed E-state index contributed by atoms with van der Waals surface area (Å²) >= 11 is 0. The van der Waals surface area contributed by atoms with E-state index in [1.807, 2.05) is 6.92 Å². The van der Waals surface area contributed by atoms with Crippen LogP contribution in [0.4, 0.5) is 0 Å². The summed E-state index contributed by atoms with van der Waals surface area (Å²) in [6.07, 6.45) is 0.660. The average Bonchev–Trinajstić information content (AvgIpc) is 1.86. The number of rotatable bonds is 5. The Bertz CT molecular complexity index is 91.6. The molecule has 0 saturated heterocycles. The summed E-state index contributed by atoms with van der Waals surface area (Å²) in [6, 6.07) is 0.458. The van der Waals surface area contributed by atoms with Gasteiger partial charge in [0, 0.05) is 6.04 Å². The first-order valence-corrected chi connectivity index (χ1v) is 4.49. The minimum absolute atomic E-state index is 0.193. The van der Waals surface area contributed by atoms with Gasteiger partial charge in [-0.2, -0.15) is 0 Å². The monoisotopic (exact) mass is 159 g/mol. The molecule has 2 heteroatoms. The van der Waals surface area contributed by atoms with Crippen molar-refractivity contribution in [1.82, 2.24) is 5.32 Å². The Labute approximate surface area is 70.0 Å². The molecule has 11 heavy (non-hydrogen) atoms. The zero-order chi connectivity index (χ0) is 8.85. The maximum Gasteiger partial charge on any atom is 0.0527 e. The smallest absolute Gasteiger partial charge is 0.0527 e. The molecule has 2 N–H and O–H groups in total. The molecule has 0 aromatic rings. The second-order valence-corrected chi connectivity index (χ2v) is 3.49. The summed E-state index contributed by atoms with van der Waals surface area (Å²) < 4.78 is 0. The first-order valence-electron chi connectivity index (χ1n) is 4.49. The van der Waals surface area contributed by atoms with Crippen LogP contribution in [0.3, 0.4) is 0 Å². The van der Waals surface area contributed by atoms with Crippen LogP contribution in [0.1, 0.15) is 34.1 Å². The molecule has 0 aliphatic rings. The van der Waals surface area contributed by atoms with Crippen LogP contribution in [-0.4, -0.2) is 23.8 Å². The molecular weight excluding hydrogens is 138 g/mol. The van der Waals surface area contributed by atoms with Crippen LogP contribution in [-0.2, 0) is 0 Å². The summed E-state index contributed by atoms with van der Waals surface area (Å²) in [5.74, 6) is 0.601. The Morgan fingerprint density at radius 2 is 1.82 bits per heavy atom. The first-order chi connectivity index (χ1) is 5.07. The second kappa shape index (κ2) is 5.56. The van der Waals surface area contributed by atoms with Gasteiger partial charge in [0.25, 0.3) is 0 Å². The van der Waals surface area contributed by atoms with E-state index >= 15 is 0 Å². The molecule has 0 aliphatic heterocycles. The fraction of sp³-hybridized carbons (Fsp3) is 1.00. The first kappa shape index (κ1) is 10.9. The van der Waals surface area contributed by atoms with E-state index in [0.29, 0.717) is 12.0 Å². The molecule has 68 valence electrons. The summed E-state index contributed by atoms with van der Waals surface area (Å²) in [5, 5.41) is 12.5. The lowest BCUT2D eigenvalue weighted by Gasteiger charge is -2.22. The molecule has 0 heterocycles. The standard InChI is InChI=1S/C9H21NO/c1-5-10-9(7(2)3)6-8(4)11/h7-11H,5-6H2,1-4H3. The van der Waals surface area contributed by atoms with Crippen molar-refractivity contribution in [2.24, 2.45) is 5.92 Å². The predicted octanol–water partition coefficient (Wildman–Crippen LogP) is 1.39. The third-order valence-corrected chi connectivity index (χ3v) is 1.87. The van der Waals surface area contributed by atoms with Gasteiger partial charge in [-0.1, -0.05) is 20.8 Å². The Balaban J connectivity index is 3.69. The third-order valence-electron chi connectivity index (χ3n) is 1.87. The molecule has 0 bridgehead atoms. The highest BCUT2D eigenvalue weighted by Gasteiger charge is 2.13. The van der Waals surface area contributed by atoms with Gasteiger partial charge in [-0.05, 0) is 25.8 Å². The van der Waals surface area contributed by atoms with Crippen LogP contribution >= 0.6 is 0 Å². The van der Waals surface area contributed by atoms with Gasteiger partial charge < -0.3 is 10.4 Å². The topological polar surface area (TPSA) is 32.3 Å². The lowest BCUT2D eigenvalue weighted by Crippen LogP contribution is -2.36. The van der Waals surface area contributed by atoms with Gasteiger partial charge in [0.05, 0.1) is 6.10 Å². The van der Waals surface area contributed by atoms with Crippen LogP contribution in [0, 0.1) is 5.92 Å². The van der Waals surface area contributed by atoms with Gasteiger partial charge in [-0.3, -0.25) is 0 Å². The number of nitrogens with one attached hydrogen (secondary N) is 1. The zero-order valence-corrected chi connectivity index (χ0v) is 8.09. The fourth-order valence-corrected chi connectivity index (χ4v) is 1.22. The lowest BCUT2D eigenvalue weighted by atomic mass is 9.98. The Morgan fingerprint density at radius 1 is 1.27 bits per heavy atom. The van der Waals surface area contributed by atoms with Crippen molar-refractivity contribution in [1.29, 1.82) is 0 Å². The molecule has 0 saturated carbocycles. The van der Waals surface area contributed by atoms with E-state index in [0.717, 1.165) is 13.0 Å². The highest BCUT2D eigenvalue weighted by Crippen LogP contribution is 2.07. The van der Waals surface area contributed by atoms with Crippen molar-refractivity contribution in [3.63, 3.8) is 0 Å². The van der Waals surface area contributed by atoms with Gasteiger partial charge in [-0.15, -0.1) is 0 Å². The van der Waals surface area contributed by atoms with Crippen LogP contribution in [0.25, 0.3) is 0 Å². The molecule has 0 fully saturated rings. The van der Waals surface area contributed by atoms with E-state index in [2.05, 4.69) is 26.1 Å². The quantitative estimate of drug-likeness (QED) is 0.635. The molecule has 0 aliphatic carbocycles. The van der Waals surface area contributed by atoms with Crippen LogP contribution in [0.15, 0.2) is 0 Å². The number of aliphatic hydroxyl groups excluding tert-OH is 1. The largest absolute Gasteiger partial charge is 0.393 e. The molecule has 2 nitrogen and oxygen atoms in total. The van der Waals surface area contributed by atoms with Gasteiger partial charge in [0.1, 0.15) is 0 Å². The maximum absolute atomic E-state index is 9.16. The van der Waals surface area contributed by atoms with Gasteiger partial charge in [0.15, 0.2) is 0 Å². The molecule has 2 unspecified atom stereocenters. The van der Waals surface area contributed by atoms with E-state index in [-0.39, 0.29) is 6.10 Å². The minimum atomic E-state index is -0.193. The molecule has 2 atom stereocenters. The SMILES string of the molecule is CCNC(CC(C)O)C(C)C. The van der Waals surface area contributed by atoms with Crippen molar-refractivity contribution in [2.45, 2.75) is 46.3 Å². The van der Waals surface area contributed by atoms with Crippen molar-refractivity contribution in [2.75, 3.05) is 6.54 Å². The van der Waals surface area contributed by atoms with E-state index in [4.69, 9.17) is 5.11 Å². The molecular formula is C9H21NO. The van der Waals surface area contributed by atoms with Gasteiger partial charge in [0.2, 0.25) is 0 Å². The Morgan fingerprint density at radius 3 is 2.09 bits per heavy atom. The summed E-state index contributed by atoms with van der Waals surface area (Å²) in [7, 11) is 0. The minimum Gasteiger partial charge on any atom is -0.393 e. The van der Waals surface area contributed by atoms with Crippen molar-refractivity contribution in [3.8, 4) is 0 Å². The molecule has 0 aromatic heterocycles. The van der Waals surface area contributed by atoms with Gasteiger partial charge in [-0.25, -0.2) is 0 Å².